The van der Waals surface area contributed by atoms with Crippen LogP contribution in [-0.4, -0.2) is 33.1 Å². The van der Waals surface area contributed by atoms with Crippen LogP contribution in [0.5, 0.6) is 5.75 Å². The van der Waals surface area contributed by atoms with Crippen LogP contribution in [0.2, 0.25) is 5.02 Å². The van der Waals surface area contributed by atoms with Gasteiger partial charge >= 0.3 is 0 Å². The third kappa shape index (κ3) is 5.03. The van der Waals surface area contributed by atoms with Crippen LogP contribution < -0.4 is 10.3 Å². The first-order valence-corrected chi connectivity index (χ1v) is 10.0. The molecule has 142 valence electrons. The molecule has 0 unspecified atom stereocenters. The number of rotatable bonds is 7. The van der Waals surface area contributed by atoms with Gasteiger partial charge in [-0.3, -0.25) is 9.36 Å². The molecule has 7 heteroatoms. The lowest BCUT2D eigenvalue weighted by Crippen LogP contribution is -2.28. The van der Waals surface area contributed by atoms with E-state index in [1.54, 1.807) is 25.1 Å². The SMILES string of the molecule is Cc1ccc(OCCSc2nc3cc(Cl)ccc3c(=O)n2C[C@H](C)O)cc1. The Balaban J connectivity index is 1.78. The molecule has 1 N–H and O–H groups in total. The monoisotopic (exact) mass is 404 g/mol. The molecule has 3 rings (SSSR count). The fraction of sp³-hybridized carbons (Fsp3) is 0.300. The number of aromatic nitrogens is 2. The average molecular weight is 405 g/mol. The van der Waals surface area contributed by atoms with Crippen LogP contribution in [0, 0.1) is 6.92 Å². The highest BCUT2D eigenvalue weighted by molar-refractivity contribution is 7.99. The van der Waals surface area contributed by atoms with Gasteiger partial charge in [0.25, 0.3) is 5.56 Å². The smallest absolute Gasteiger partial charge is 0.262 e. The van der Waals surface area contributed by atoms with Gasteiger partial charge < -0.3 is 9.84 Å². The summed E-state index contributed by atoms with van der Waals surface area (Å²) in [6, 6.07) is 12.9. The van der Waals surface area contributed by atoms with Crippen molar-refractivity contribution >= 4 is 34.3 Å². The molecule has 0 spiro atoms. The largest absolute Gasteiger partial charge is 0.493 e. The van der Waals surface area contributed by atoms with Crippen molar-refractivity contribution in [3.8, 4) is 5.75 Å². The Morgan fingerprint density at radius 2 is 2.00 bits per heavy atom. The van der Waals surface area contributed by atoms with Gasteiger partial charge in [-0.1, -0.05) is 41.1 Å². The van der Waals surface area contributed by atoms with Crippen LogP contribution in [0.4, 0.5) is 0 Å². The number of halogens is 1. The maximum Gasteiger partial charge on any atom is 0.262 e. The van der Waals surface area contributed by atoms with E-state index in [9.17, 15) is 9.90 Å². The molecule has 0 aliphatic heterocycles. The topological polar surface area (TPSA) is 64.3 Å². The molecule has 1 atom stereocenters. The summed E-state index contributed by atoms with van der Waals surface area (Å²) in [5, 5.41) is 11.3. The van der Waals surface area contributed by atoms with Gasteiger partial charge in [0.2, 0.25) is 0 Å². The highest BCUT2D eigenvalue weighted by Gasteiger charge is 2.13. The second kappa shape index (κ2) is 8.78. The summed E-state index contributed by atoms with van der Waals surface area (Å²) in [5.41, 5.74) is 1.55. The Kier molecular flexibility index (Phi) is 6.42. The van der Waals surface area contributed by atoms with Gasteiger partial charge in [-0.25, -0.2) is 4.98 Å². The van der Waals surface area contributed by atoms with E-state index < -0.39 is 6.10 Å². The first-order valence-electron chi connectivity index (χ1n) is 8.64. The summed E-state index contributed by atoms with van der Waals surface area (Å²) in [6.45, 7) is 4.34. The number of benzene rings is 2. The van der Waals surface area contributed by atoms with Gasteiger partial charge in [-0.2, -0.15) is 0 Å². The Hall–Kier alpha value is -2.02. The summed E-state index contributed by atoms with van der Waals surface area (Å²) in [4.78, 5) is 17.4. The molecule has 0 aliphatic carbocycles. The number of ether oxygens (including phenoxy) is 1. The highest BCUT2D eigenvalue weighted by atomic mass is 35.5. The molecule has 0 saturated carbocycles. The minimum Gasteiger partial charge on any atom is -0.493 e. The maximum absolute atomic E-state index is 12.8. The van der Waals surface area contributed by atoms with Gasteiger partial charge in [0.1, 0.15) is 5.75 Å². The molecular formula is C20H21ClN2O3S. The lowest BCUT2D eigenvalue weighted by atomic mass is 10.2. The molecule has 2 aromatic carbocycles. The van der Waals surface area contributed by atoms with E-state index in [1.165, 1.54) is 21.9 Å². The fourth-order valence-electron chi connectivity index (χ4n) is 2.64. The van der Waals surface area contributed by atoms with Crippen molar-refractivity contribution in [1.82, 2.24) is 9.55 Å². The quantitative estimate of drug-likeness (QED) is 0.367. The van der Waals surface area contributed by atoms with Crippen molar-refractivity contribution in [2.75, 3.05) is 12.4 Å². The van der Waals surface area contributed by atoms with Gasteiger partial charge in [0.05, 0.1) is 30.2 Å². The van der Waals surface area contributed by atoms with Crippen molar-refractivity contribution in [2.45, 2.75) is 31.7 Å². The zero-order chi connectivity index (χ0) is 19.4. The lowest BCUT2D eigenvalue weighted by molar-refractivity contribution is 0.168. The van der Waals surface area contributed by atoms with Crippen molar-refractivity contribution in [3.05, 3.63) is 63.4 Å². The third-order valence-corrected chi connectivity index (χ3v) is 5.11. The van der Waals surface area contributed by atoms with E-state index in [4.69, 9.17) is 16.3 Å². The average Bonchev–Trinajstić information content (AvgIpc) is 2.62. The maximum atomic E-state index is 12.8. The Morgan fingerprint density at radius 1 is 1.26 bits per heavy atom. The van der Waals surface area contributed by atoms with Crippen LogP contribution in [0.25, 0.3) is 10.9 Å². The summed E-state index contributed by atoms with van der Waals surface area (Å²) >= 11 is 7.46. The van der Waals surface area contributed by atoms with E-state index in [0.717, 1.165) is 5.75 Å². The van der Waals surface area contributed by atoms with E-state index in [0.29, 0.717) is 33.4 Å². The molecule has 0 radical (unpaired) electrons. The van der Waals surface area contributed by atoms with Gasteiger partial charge in [-0.15, -0.1) is 0 Å². The Morgan fingerprint density at radius 3 is 2.70 bits per heavy atom. The Bertz CT molecular complexity index is 987. The Labute approximate surface area is 167 Å². The molecule has 1 aromatic heterocycles. The normalized spacial score (nSPS) is 12.3. The number of aliphatic hydroxyl groups excluding tert-OH is 1. The van der Waals surface area contributed by atoms with Crippen LogP contribution in [-0.2, 0) is 6.54 Å². The summed E-state index contributed by atoms with van der Waals surface area (Å²) < 4.78 is 7.25. The van der Waals surface area contributed by atoms with Gasteiger partial charge in [0.15, 0.2) is 5.16 Å². The molecule has 0 bridgehead atoms. The van der Waals surface area contributed by atoms with Crippen LogP contribution in [0.15, 0.2) is 52.4 Å². The first-order chi connectivity index (χ1) is 12.9. The molecule has 1 heterocycles. The molecule has 3 aromatic rings. The summed E-state index contributed by atoms with van der Waals surface area (Å²) in [5.74, 6) is 1.42. The molecule has 0 amide bonds. The number of hydrogen-bond acceptors (Lipinski definition) is 5. The second-order valence-corrected chi connectivity index (χ2v) is 7.83. The standard InChI is InChI=1S/C20H21ClN2O3S/c1-13-3-6-16(7-4-13)26-9-10-27-20-22-18-11-15(21)5-8-17(18)19(25)23(20)12-14(2)24/h3-8,11,14,24H,9-10,12H2,1-2H3/t14-/m0/s1. The number of nitrogens with zero attached hydrogens (tertiary/aromatic N) is 2. The van der Waals surface area contributed by atoms with Crippen LogP contribution in [0.3, 0.4) is 0 Å². The van der Waals surface area contributed by atoms with E-state index >= 15 is 0 Å². The third-order valence-electron chi connectivity index (χ3n) is 3.93. The van der Waals surface area contributed by atoms with E-state index in [-0.39, 0.29) is 12.1 Å². The number of thioether (sulfide) groups is 1. The van der Waals surface area contributed by atoms with E-state index in [1.807, 2.05) is 31.2 Å². The molecule has 0 aliphatic rings. The van der Waals surface area contributed by atoms with Gasteiger partial charge in [0, 0.05) is 10.8 Å². The second-order valence-electron chi connectivity index (χ2n) is 6.33. The predicted molar refractivity (Wildman–Crippen MR) is 110 cm³/mol. The zero-order valence-electron chi connectivity index (χ0n) is 15.2. The molecule has 27 heavy (non-hydrogen) atoms. The van der Waals surface area contributed by atoms with Crippen LogP contribution >= 0.6 is 23.4 Å². The molecule has 0 saturated heterocycles. The number of aryl methyl sites for hydroxylation is 1. The summed E-state index contributed by atoms with van der Waals surface area (Å²) in [7, 11) is 0. The first kappa shape index (κ1) is 19.7. The minimum absolute atomic E-state index is 0.181. The lowest BCUT2D eigenvalue weighted by Gasteiger charge is -2.14. The number of hydrogen-bond donors (Lipinski definition) is 1. The zero-order valence-corrected chi connectivity index (χ0v) is 16.8. The van der Waals surface area contributed by atoms with Crippen molar-refractivity contribution in [1.29, 1.82) is 0 Å². The van der Waals surface area contributed by atoms with Crippen molar-refractivity contribution in [3.63, 3.8) is 0 Å². The fourth-order valence-corrected chi connectivity index (χ4v) is 3.63. The molecule has 0 fully saturated rings. The highest BCUT2D eigenvalue weighted by Crippen LogP contribution is 2.21. The minimum atomic E-state index is -0.655. The van der Waals surface area contributed by atoms with E-state index in [2.05, 4.69) is 4.98 Å². The summed E-state index contributed by atoms with van der Waals surface area (Å²) in [6.07, 6.45) is -0.655. The van der Waals surface area contributed by atoms with Crippen LogP contribution in [0.1, 0.15) is 12.5 Å². The number of aliphatic hydroxyl groups is 1. The predicted octanol–water partition coefficient (Wildman–Crippen LogP) is 3.91. The van der Waals surface area contributed by atoms with Crippen molar-refractivity contribution < 1.29 is 9.84 Å². The van der Waals surface area contributed by atoms with Gasteiger partial charge in [-0.05, 0) is 44.2 Å². The van der Waals surface area contributed by atoms with Crippen molar-refractivity contribution in [2.24, 2.45) is 0 Å². The number of fused-ring (bicyclic) bond motifs is 1. The molecular weight excluding hydrogens is 384 g/mol. The molecule has 5 nitrogen and oxygen atoms in total.